The number of anilines is 1. The van der Waals surface area contributed by atoms with Crippen LogP contribution in [0.25, 0.3) is 0 Å². The molecule has 0 fully saturated rings. The molecule has 0 heterocycles. The van der Waals surface area contributed by atoms with Crippen molar-refractivity contribution >= 4 is 24.5 Å². The Morgan fingerprint density at radius 1 is 1.09 bits per heavy atom. The first kappa shape index (κ1) is 10.6. The van der Waals surface area contributed by atoms with Crippen molar-refractivity contribution in [3.8, 4) is 0 Å². The zero-order chi connectivity index (χ0) is 7.56. The van der Waals surface area contributed by atoms with Crippen LogP contribution in [-0.2, 0) is 0 Å². The molecule has 1 nitrogen and oxygen atoms in total. The maximum atomic E-state index is 2.12. The average molecular weight is 143 g/mol. The van der Waals surface area contributed by atoms with Crippen LogP contribution in [0, 0.1) is 6.92 Å². The van der Waals surface area contributed by atoms with Crippen molar-refractivity contribution in [1.29, 1.82) is 0 Å². The van der Waals surface area contributed by atoms with Crippen LogP contribution in [-0.4, -0.2) is 33.0 Å². The Kier molecular flexibility index (Phi) is 4.33. The predicted octanol–water partition coefficient (Wildman–Crippen LogP) is 1.41. The van der Waals surface area contributed by atoms with Gasteiger partial charge in [0.25, 0.3) is 0 Å². The number of para-hydroxylation sites is 1. The van der Waals surface area contributed by atoms with E-state index in [0.29, 0.717) is 0 Å². The predicted molar refractivity (Wildman–Crippen MR) is 52.7 cm³/mol. The summed E-state index contributed by atoms with van der Waals surface area (Å²) in [6.07, 6.45) is 0. The minimum absolute atomic E-state index is 0. The van der Waals surface area contributed by atoms with Gasteiger partial charge in [-0.3, -0.25) is 0 Å². The molecular weight excluding hydrogens is 129 g/mol. The van der Waals surface area contributed by atoms with Gasteiger partial charge in [0.15, 0.2) is 0 Å². The second kappa shape index (κ2) is 4.49. The van der Waals surface area contributed by atoms with Crippen LogP contribution in [0.3, 0.4) is 0 Å². The van der Waals surface area contributed by atoms with Crippen molar-refractivity contribution in [1.82, 2.24) is 0 Å². The van der Waals surface area contributed by atoms with E-state index in [1.165, 1.54) is 11.3 Å². The van der Waals surface area contributed by atoms with E-state index in [1.54, 1.807) is 0 Å². The summed E-state index contributed by atoms with van der Waals surface area (Å²) in [7, 11) is 4.12. The minimum atomic E-state index is 0. The van der Waals surface area contributed by atoms with Gasteiger partial charge >= 0.3 is 18.9 Å². The molecule has 0 bridgehead atoms. The first-order valence-corrected chi connectivity index (χ1v) is 3.45. The fraction of sp³-hybridized carbons (Fsp3) is 0.333. The molecule has 0 amide bonds. The number of benzene rings is 1. The summed E-state index contributed by atoms with van der Waals surface area (Å²) in [5.74, 6) is 0. The van der Waals surface area contributed by atoms with Crippen molar-refractivity contribution in [3.63, 3.8) is 0 Å². The van der Waals surface area contributed by atoms with E-state index in [1.807, 2.05) is 0 Å². The first-order chi connectivity index (χ1) is 4.72. The summed E-state index contributed by atoms with van der Waals surface area (Å²) in [6, 6.07) is 8.36. The molecule has 0 radical (unpaired) electrons. The molecule has 0 atom stereocenters. The number of hydrogen-bond donors (Lipinski definition) is 0. The second-order valence-electron chi connectivity index (χ2n) is 2.68. The van der Waals surface area contributed by atoms with Gasteiger partial charge in [-0.15, -0.1) is 0 Å². The Morgan fingerprint density at radius 2 is 1.64 bits per heavy atom. The van der Waals surface area contributed by atoms with Gasteiger partial charge in [-0.05, 0) is 18.6 Å². The van der Waals surface area contributed by atoms with Gasteiger partial charge in [0.1, 0.15) is 0 Å². The summed E-state index contributed by atoms with van der Waals surface area (Å²) in [6.45, 7) is 2.12. The summed E-state index contributed by atoms with van der Waals surface area (Å²) in [4.78, 5) is 2.12. The molecule has 1 aromatic carbocycles. The van der Waals surface area contributed by atoms with Crippen molar-refractivity contribution in [2.75, 3.05) is 19.0 Å². The Morgan fingerprint density at radius 3 is 2.00 bits per heavy atom. The second-order valence-corrected chi connectivity index (χ2v) is 2.68. The molecule has 56 valence electrons. The quantitative estimate of drug-likeness (QED) is 0.537. The van der Waals surface area contributed by atoms with Crippen molar-refractivity contribution in [3.05, 3.63) is 29.8 Å². The molecule has 0 saturated heterocycles. The van der Waals surface area contributed by atoms with E-state index in [2.05, 4.69) is 50.2 Å². The van der Waals surface area contributed by atoms with Gasteiger partial charge in [-0.1, -0.05) is 18.2 Å². The number of nitrogens with zero attached hydrogens (tertiary/aromatic N) is 1. The number of hydrogen-bond acceptors (Lipinski definition) is 1. The summed E-state index contributed by atoms with van der Waals surface area (Å²) >= 11 is 0. The molecule has 0 N–H and O–H groups in total. The third-order valence-electron chi connectivity index (χ3n) is 1.60. The molecule has 1 rings (SSSR count). The third-order valence-corrected chi connectivity index (χ3v) is 1.60. The first-order valence-electron chi connectivity index (χ1n) is 3.45. The van der Waals surface area contributed by atoms with E-state index < -0.39 is 0 Å². The van der Waals surface area contributed by atoms with Crippen molar-refractivity contribution in [2.24, 2.45) is 0 Å². The van der Waals surface area contributed by atoms with E-state index in [9.17, 15) is 0 Å². The van der Waals surface area contributed by atoms with Gasteiger partial charge in [-0.25, -0.2) is 0 Å². The standard InChI is InChI=1S/C9H13N.Li.H/c1-8-6-4-5-7-9(8)10(2)3;;/h4-7H,1-3H3;;. The van der Waals surface area contributed by atoms with Crippen LogP contribution in [0.2, 0.25) is 0 Å². The summed E-state index contributed by atoms with van der Waals surface area (Å²) in [5.41, 5.74) is 2.62. The Balaban J connectivity index is 0.000001000. The fourth-order valence-corrected chi connectivity index (χ4v) is 1.07. The Labute approximate surface area is 80.6 Å². The number of rotatable bonds is 1. The van der Waals surface area contributed by atoms with E-state index in [-0.39, 0.29) is 18.9 Å². The van der Waals surface area contributed by atoms with Crippen molar-refractivity contribution < 1.29 is 0 Å². The van der Waals surface area contributed by atoms with Gasteiger partial charge in [-0.2, -0.15) is 0 Å². The maximum absolute atomic E-state index is 2.12. The van der Waals surface area contributed by atoms with Crippen LogP contribution in [0.5, 0.6) is 0 Å². The molecule has 11 heavy (non-hydrogen) atoms. The third kappa shape index (κ3) is 2.61. The van der Waals surface area contributed by atoms with Crippen LogP contribution >= 0.6 is 0 Å². The normalized spacial score (nSPS) is 8.64. The molecular formula is C9H14LiN. The van der Waals surface area contributed by atoms with Gasteiger partial charge in [0.2, 0.25) is 0 Å². The zero-order valence-electron chi connectivity index (χ0n) is 6.76. The van der Waals surface area contributed by atoms with Crippen molar-refractivity contribution in [2.45, 2.75) is 6.92 Å². The van der Waals surface area contributed by atoms with E-state index in [4.69, 9.17) is 0 Å². The summed E-state index contributed by atoms with van der Waals surface area (Å²) < 4.78 is 0. The van der Waals surface area contributed by atoms with E-state index in [0.717, 1.165) is 0 Å². The zero-order valence-corrected chi connectivity index (χ0v) is 6.76. The molecule has 0 aromatic heterocycles. The SMILES string of the molecule is Cc1ccccc1N(C)C.[LiH]. The monoisotopic (exact) mass is 143 g/mol. The number of aryl methyl sites for hydroxylation is 1. The summed E-state index contributed by atoms with van der Waals surface area (Å²) in [5, 5.41) is 0. The molecule has 0 aliphatic rings. The molecule has 0 spiro atoms. The van der Waals surface area contributed by atoms with Gasteiger partial charge in [0.05, 0.1) is 0 Å². The van der Waals surface area contributed by atoms with E-state index >= 15 is 0 Å². The average Bonchev–Trinajstić information content (AvgIpc) is 1.88. The Hall–Kier alpha value is -0.383. The molecule has 0 aliphatic carbocycles. The van der Waals surface area contributed by atoms with Gasteiger partial charge in [0, 0.05) is 19.8 Å². The molecule has 1 aromatic rings. The van der Waals surface area contributed by atoms with Crippen LogP contribution in [0.1, 0.15) is 5.56 Å². The molecule has 0 saturated carbocycles. The molecule has 2 heteroatoms. The molecule has 0 aliphatic heterocycles. The van der Waals surface area contributed by atoms with Crippen LogP contribution in [0.4, 0.5) is 5.69 Å². The van der Waals surface area contributed by atoms with Gasteiger partial charge < -0.3 is 4.90 Å². The fourth-order valence-electron chi connectivity index (χ4n) is 1.07. The topological polar surface area (TPSA) is 3.24 Å². The molecule has 0 unspecified atom stereocenters. The van der Waals surface area contributed by atoms with Crippen LogP contribution in [0.15, 0.2) is 24.3 Å². The van der Waals surface area contributed by atoms with Crippen LogP contribution < -0.4 is 4.90 Å². The Bertz CT molecular complexity index is 221.